The summed E-state index contributed by atoms with van der Waals surface area (Å²) in [4.78, 5) is 11.3. The molecule has 0 atom stereocenters. The van der Waals surface area contributed by atoms with E-state index in [9.17, 15) is 4.79 Å². The van der Waals surface area contributed by atoms with Crippen molar-refractivity contribution in [2.45, 2.75) is 12.8 Å². The first-order chi connectivity index (χ1) is 7.22. The highest BCUT2D eigenvalue weighted by Gasteiger charge is 2.00. The quantitative estimate of drug-likeness (QED) is 0.564. The number of hydrogen-bond acceptors (Lipinski definition) is 2. The van der Waals surface area contributed by atoms with Crippen molar-refractivity contribution in [3.05, 3.63) is 42.5 Å². The predicted octanol–water partition coefficient (Wildman–Crippen LogP) is 1.50. The lowest BCUT2D eigenvalue weighted by molar-refractivity contribution is -0.120. The van der Waals surface area contributed by atoms with Gasteiger partial charge in [0.15, 0.2) is 0 Å². The Morgan fingerprint density at radius 1 is 1.53 bits per heavy atom. The molecule has 0 unspecified atom stereocenters. The predicted molar refractivity (Wildman–Crippen MR) is 62.4 cm³/mol. The molecule has 0 aliphatic carbocycles. The molecular formula is C12H16N2O. The minimum atomic E-state index is 0.0392. The molecule has 0 heterocycles. The number of nitrogens with one attached hydrogen (secondary N) is 1. The summed E-state index contributed by atoms with van der Waals surface area (Å²) >= 11 is 0. The Labute approximate surface area is 90.0 Å². The van der Waals surface area contributed by atoms with Crippen molar-refractivity contribution < 1.29 is 4.79 Å². The Morgan fingerprint density at radius 3 is 3.00 bits per heavy atom. The Hall–Kier alpha value is -1.77. The van der Waals surface area contributed by atoms with Crippen LogP contribution in [-0.2, 0) is 11.2 Å². The summed E-state index contributed by atoms with van der Waals surface area (Å²) in [5.74, 6) is 0.0392. The van der Waals surface area contributed by atoms with E-state index in [1.807, 2.05) is 24.3 Å². The van der Waals surface area contributed by atoms with Crippen molar-refractivity contribution in [2.24, 2.45) is 0 Å². The number of nitrogens with two attached hydrogens (primary N) is 1. The van der Waals surface area contributed by atoms with E-state index in [1.54, 1.807) is 6.08 Å². The average molecular weight is 204 g/mol. The van der Waals surface area contributed by atoms with E-state index in [-0.39, 0.29) is 5.91 Å². The minimum Gasteiger partial charge on any atom is -0.399 e. The molecule has 0 spiro atoms. The lowest BCUT2D eigenvalue weighted by Gasteiger charge is -2.03. The van der Waals surface area contributed by atoms with Gasteiger partial charge in [-0.05, 0) is 24.1 Å². The molecule has 0 bridgehead atoms. The second kappa shape index (κ2) is 5.86. The number of rotatable bonds is 5. The largest absolute Gasteiger partial charge is 0.399 e. The molecule has 1 aromatic carbocycles. The topological polar surface area (TPSA) is 55.1 Å². The van der Waals surface area contributed by atoms with Gasteiger partial charge in [0.05, 0.1) is 0 Å². The summed E-state index contributed by atoms with van der Waals surface area (Å²) in [5, 5.41) is 2.73. The van der Waals surface area contributed by atoms with Crippen LogP contribution in [0.25, 0.3) is 0 Å². The highest BCUT2D eigenvalue weighted by molar-refractivity contribution is 5.76. The number of carbonyl (C=O) groups excluding carboxylic acids is 1. The van der Waals surface area contributed by atoms with Crippen LogP contribution >= 0.6 is 0 Å². The van der Waals surface area contributed by atoms with Gasteiger partial charge in [-0.1, -0.05) is 18.2 Å². The van der Waals surface area contributed by atoms with Crippen LogP contribution in [0.3, 0.4) is 0 Å². The maximum atomic E-state index is 11.3. The van der Waals surface area contributed by atoms with Crippen molar-refractivity contribution in [1.29, 1.82) is 0 Å². The van der Waals surface area contributed by atoms with Gasteiger partial charge in [0.1, 0.15) is 0 Å². The monoisotopic (exact) mass is 204 g/mol. The summed E-state index contributed by atoms with van der Waals surface area (Å²) in [5.41, 5.74) is 7.45. The van der Waals surface area contributed by atoms with Gasteiger partial charge in [-0.25, -0.2) is 0 Å². The third-order valence-corrected chi connectivity index (χ3v) is 2.04. The van der Waals surface area contributed by atoms with E-state index in [0.29, 0.717) is 19.4 Å². The van der Waals surface area contributed by atoms with Crippen molar-refractivity contribution in [2.75, 3.05) is 12.3 Å². The number of hydrogen-bond donors (Lipinski definition) is 2. The minimum absolute atomic E-state index is 0.0392. The van der Waals surface area contributed by atoms with Gasteiger partial charge in [-0.2, -0.15) is 0 Å². The van der Waals surface area contributed by atoms with Gasteiger partial charge in [0.25, 0.3) is 0 Å². The fourth-order valence-electron chi connectivity index (χ4n) is 1.28. The van der Waals surface area contributed by atoms with Crippen LogP contribution in [0.4, 0.5) is 5.69 Å². The van der Waals surface area contributed by atoms with Gasteiger partial charge in [-0.3, -0.25) is 4.79 Å². The standard InChI is InChI=1S/C12H16N2O/c1-2-8-14-12(15)7-6-10-4-3-5-11(13)9-10/h2-5,9H,1,6-8,13H2,(H,14,15). The first-order valence-electron chi connectivity index (χ1n) is 4.94. The molecule has 3 N–H and O–H groups in total. The zero-order chi connectivity index (χ0) is 11.1. The zero-order valence-electron chi connectivity index (χ0n) is 8.70. The van der Waals surface area contributed by atoms with Crippen LogP contribution in [0.2, 0.25) is 0 Å². The molecule has 0 fully saturated rings. The van der Waals surface area contributed by atoms with Gasteiger partial charge in [0.2, 0.25) is 5.91 Å². The van der Waals surface area contributed by atoms with Crippen LogP contribution in [-0.4, -0.2) is 12.5 Å². The Morgan fingerprint density at radius 2 is 2.33 bits per heavy atom. The Bertz CT molecular complexity index is 347. The average Bonchev–Trinajstić information content (AvgIpc) is 2.23. The summed E-state index contributed by atoms with van der Waals surface area (Å²) in [7, 11) is 0. The lowest BCUT2D eigenvalue weighted by atomic mass is 10.1. The molecule has 0 saturated heterocycles. The second-order valence-corrected chi connectivity index (χ2v) is 3.34. The zero-order valence-corrected chi connectivity index (χ0v) is 8.70. The molecule has 0 aliphatic heterocycles. The number of anilines is 1. The van der Waals surface area contributed by atoms with Crippen molar-refractivity contribution in [3.63, 3.8) is 0 Å². The molecular weight excluding hydrogens is 188 g/mol. The normalized spacial score (nSPS) is 9.60. The van der Waals surface area contributed by atoms with E-state index in [4.69, 9.17) is 5.73 Å². The van der Waals surface area contributed by atoms with E-state index in [1.165, 1.54) is 0 Å². The third-order valence-electron chi connectivity index (χ3n) is 2.04. The first-order valence-corrected chi connectivity index (χ1v) is 4.94. The van der Waals surface area contributed by atoms with Crippen LogP contribution in [0.15, 0.2) is 36.9 Å². The van der Waals surface area contributed by atoms with Crippen LogP contribution in [0, 0.1) is 0 Å². The van der Waals surface area contributed by atoms with Gasteiger partial charge >= 0.3 is 0 Å². The van der Waals surface area contributed by atoms with Crippen molar-refractivity contribution in [3.8, 4) is 0 Å². The van der Waals surface area contributed by atoms with E-state index < -0.39 is 0 Å². The Balaban J connectivity index is 2.36. The fourth-order valence-corrected chi connectivity index (χ4v) is 1.28. The number of amides is 1. The molecule has 1 aromatic rings. The lowest BCUT2D eigenvalue weighted by Crippen LogP contribution is -2.23. The summed E-state index contributed by atoms with van der Waals surface area (Å²) in [6, 6.07) is 7.59. The van der Waals surface area contributed by atoms with Gasteiger partial charge in [-0.15, -0.1) is 6.58 Å². The van der Waals surface area contributed by atoms with Crippen molar-refractivity contribution in [1.82, 2.24) is 5.32 Å². The highest BCUT2D eigenvalue weighted by Crippen LogP contribution is 2.08. The molecule has 80 valence electrons. The van der Waals surface area contributed by atoms with Gasteiger partial charge in [0, 0.05) is 18.7 Å². The molecule has 0 saturated carbocycles. The molecule has 1 rings (SSSR count). The molecule has 0 radical (unpaired) electrons. The maximum Gasteiger partial charge on any atom is 0.220 e. The Kier molecular flexibility index (Phi) is 4.41. The van der Waals surface area contributed by atoms with E-state index in [2.05, 4.69) is 11.9 Å². The summed E-state index contributed by atoms with van der Waals surface area (Å²) in [6.07, 6.45) is 2.86. The van der Waals surface area contributed by atoms with E-state index >= 15 is 0 Å². The van der Waals surface area contributed by atoms with Crippen LogP contribution in [0.5, 0.6) is 0 Å². The molecule has 1 amide bonds. The van der Waals surface area contributed by atoms with Crippen molar-refractivity contribution >= 4 is 11.6 Å². The number of nitrogen functional groups attached to an aromatic ring is 1. The second-order valence-electron chi connectivity index (χ2n) is 3.34. The van der Waals surface area contributed by atoms with E-state index in [0.717, 1.165) is 11.3 Å². The molecule has 0 aromatic heterocycles. The van der Waals surface area contributed by atoms with Crippen LogP contribution in [0.1, 0.15) is 12.0 Å². The van der Waals surface area contributed by atoms with Gasteiger partial charge < -0.3 is 11.1 Å². The summed E-state index contributed by atoms with van der Waals surface area (Å²) in [6.45, 7) is 4.05. The molecule has 3 heteroatoms. The summed E-state index contributed by atoms with van der Waals surface area (Å²) < 4.78 is 0. The maximum absolute atomic E-state index is 11.3. The number of aryl methyl sites for hydroxylation is 1. The SMILES string of the molecule is C=CCNC(=O)CCc1cccc(N)c1. The first kappa shape index (κ1) is 11.3. The smallest absolute Gasteiger partial charge is 0.220 e. The fraction of sp³-hybridized carbons (Fsp3) is 0.250. The molecule has 3 nitrogen and oxygen atoms in total. The highest BCUT2D eigenvalue weighted by atomic mass is 16.1. The molecule has 15 heavy (non-hydrogen) atoms. The van der Waals surface area contributed by atoms with Crippen LogP contribution < -0.4 is 11.1 Å². The molecule has 0 aliphatic rings. The third kappa shape index (κ3) is 4.31. The number of benzene rings is 1. The number of carbonyl (C=O) groups is 1.